The second-order valence-corrected chi connectivity index (χ2v) is 12.7. The average molecular weight is 494 g/mol. The Labute approximate surface area is 201 Å². The summed E-state index contributed by atoms with van der Waals surface area (Å²) in [4.78, 5) is 0.285. The van der Waals surface area contributed by atoms with Crippen molar-refractivity contribution in [3.8, 4) is 0 Å². The van der Waals surface area contributed by atoms with E-state index in [1.54, 1.807) is 6.07 Å². The van der Waals surface area contributed by atoms with E-state index < -0.39 is 27.8 Å². The maximum atomic E-state index is 14.0. The van der Waals surface area contributed by atoms with E-state index in [4.69, 9.17) is 0 Å². The predicted molar refractivity (Wildman–Crippen MR) is 128 cm³/mol. The first kappa shape index (κ1) is 25.2. The van der Waals surface area contributed by atoms with Gasteiger partial charge in [-0.05, 0) is 76.3 Å². The second-order valence-electron chi connectivity index (χ2n) is 11.0. The number of hydrogen-bond donors (Lipinski definition) is 1. The fraction of sp³-hybridized carbons (Fsp3) is 0.556. The van der Waals surface area contributed by atoms with Crippen LogP contribution in [0.1, 0.15) is 106 Å². The topological polar surface area (TPSA) is 46.2 Å². The number of nitrogens with one attached hydrogen (secondary N) is 1. The van der Waals surface area contributed by atoms with Gasteiger partial charge in [-0.25, -0.2) is 13.1 Å². The maximum absolute atomic E-state index is 14.0. The first-order valence-electron chi connectivity index (χ1n) is 12.0. The molecule has 4 rings (SSSR count). The SMILES string of the molecule is CC(C)c1cc(C(C)C)c(S(=O)(=O)NC(c2cccc(C(F)(F)F)c2)C23CC2C3)c(C(C)C)c1. The third kappa shape index (κ3) is 4.53. The lowest BCUT2D eigenvalue weighted by atomic mass is 9.89. The van der Waals surface area contributed by atoms with Gasteiger partial charge in [0.15, 0.2) is 0 Å². The van der Waals surface area contributed by atoms with Gasteiger partial charge in [0.1, 0.15) is 0 Å². The zero-order valence-electron chi connectivity index (χ0n) is 20.6. The molecule has 2 saturated carbocycles. The van der Waals surface area contributed by atoms with Crippen molar-refractivity contribution in [3.05, 3.63) is 64.2 Å². The summed E-state index contributed by atoms with van der Waals surface area (Å²) < 4.78 is 71.1. The number of hydrogen-bond acceptors (Lipinski definition) is 2. The molecule has 7 heteroatoms. The van der Waals surface area contributed by atoms with E-state index in [9.17, 15) is 21.6 Å². The van der Waals surface area contributed by atoms with E-state index in [1.807, 2.05) is 39.8 Å². The Balaban J connectivity index is 1.82. The molecule has 0 heterocycles. The summed E-state index contributed by atoms with van der Waals surface area (Å²) in [5.41, 5.74) is 1.97. The van der Waals surface area contributed by atoms with Crippen LogP contribution in [0.2, 0.25) is 0 Å². The molecule has 3 nitrogen and oxygen atoms in total. The highest BCUT2D eigenvalue weighted by Crippen LogP contribution is 2.80. The number of rotatable bonds is 8. The molecule has 2 aromatic carbocycles. The lowest BCUT2D eigenvalue weighted by Crippen LogP contribution is -2.33. The molecular weight excluding hydrogens is 459 g/mol. The van der Waals surface area contributed by atoms with Crippen molar-refractivity contribution in [1.82, 2.24) is 4.72 Å². The Morgan fingerprint density at radius 2 is 1.41 bits per heavy atom. The molecule has 0 amide bonds. The lowest BCUT2D eigenvalue weighted by Gasteiger charge is -2.27. The first-order valence-corrected chi connectivity index (χ1v) is 13.5. The third-order valence-corrected chi connectivity index (χ3v) is 9.04. The Bertz CT molecular complexity index is 1160. The van der Waals surface area contributed by atoms with E-state index in [0.717, 1.165) is 41.7 Å². The van der Waals surface area contributed by atoms with Crippen LogP contribution in [0, 0.1) is 11.3 Å². The highest BCUT2D eigenvalue weighted by molar-refractivity contribution is 7.89. The molecule has 2 aromatic rings. The molecule has 1 unspecified atom stereocenters. The lowest BCUT2D eigenvalue weighted by molar-refractivity contribution is -0.137. The summed E-state index contributed by atoms with van der Waals surface area (Å²) >= 11 is 0. The van der Waals surface area contributed by atoms with E-state index in [2.05, 4.69) is 18.6 Å². The number of alkyl halides is 3. The van der Waals surface area contributed by atoms with Crippen LogP contribution in [0.4, 0.5) is 13.2 Å². The largest absolute Gasteiger partial charge is 0.416 e. The molecule has 0 aromatic heterocycles. The van der Waals surface area contributed by atoms with Crippen molar-refractivity contribution in [1.29, 1.82) is 0 Å². The van der Waals surface area contributed by atoms with Crippen LogP contribution in [-0.4, -0.2) is 8.42 Å². The van der Waals surface area contributed by atoms with Gasteiger partial charge in [0, 0.05) is 0 Å². The van der Waals surface area contributed by atoms with Gasteiger partial charge in [-0.1, -0.05) is 65.8 Å². The molecule has 1 N–H and O–H groups in total. The fourth-order valence-electron chi connectivity index (χ4n) is 5.04. The van der Waals surface area contributed by atoms with Crippen LogP contribution >= 0.6 is 0 Å². The normalized spacial score (nSPS) is 22.9. The van der Waals surface area contributed by atoms with E-state index in [1.165, 1.54) is 6.07 Å². The van der Waals surface area contributed by atoms with Gasteiger partial charge in [0.2, 0.25) is 10.0 Å². The molecule has 0 bridgehead atoms. The molecule has 34 heavy (non-hydrogen) atoms. The number of benzene rings is 2. The van der Waals surface area contributed by atoms with Crippen LogP contribution in [0.25, 0.3) is 0 Å². The summed E-state index contributed by atoms with van der Waals surface area (Å²) in [5.74, 6) is 0.576. The highest BCUT2D eigenvalue weighted by Gasteiger charge is 2.73. The van der Waals surface area contributed by atoms with Gasteiger partial charge in [-0.2, -0.15) is 13.2 Å². The van der Waals surface area contributed by atoms with E-state index in [-0.39, 0.29) is 28.1 Å². The standard InChI is InChI=1S/C27H34F3NO2S/c1-15(2)19-11-22(16(3)4)24(23(12-19)17(5)6)34(32,33)31-25(26-13-21(26)14-26)18-8-7-9-20(10-18)27(28,29)30/h7-12,15-17,21,25,31H,13-14H2,1-6H3. The van der Waals surface area contributed by atoms with Crippen molar-refractivity contribution in [2.75, 3.05) is 0 Å². The number of sulfonamides is 1. The first-order chi connectivity index (χ1) is 15.7. The summed E-state index contributed by atoms with van der Waals surface area (Å²) in [7, 11) is -4.00. The van der Waals surface area contributed by atoms with Crippen LogP contribution < -0.4 is 4.72 Å². The summed E-state index contributed by atoms with van der Waals surface area (Å²) in [6, 6.07) is 8.39. The molecule has 1 atom stereocenters. The van der Waals surface area contributed by atoms with Crippen molar-refractivity contribution in [3.63, 3.8) is 0 Å². The minimum absolute atomic E-state index is 0.0254. The van der Waals surface area contributed by atoms with E-state index >= 15 is 0 Å². The number of halogens is 3. The predicted octanol–water partition coefficient (Wildman–Crippen LogP) is 7.51. The van der Waals surface area contributed by atoms with Crippen LogP contribution in [0.5, 0.6) is 0 Å². The molecule has 186 valence electrons. The smallest absolute Gasteiger partial charge is 0.207 e. The van der Waals surface area contributed by atoms with E-state index in [0.29, 0.717) is 11.5 Å². The Morgan fingerprint density at radius 3 is 1.82 bits per heavy atom. The van der Waals surface area contributed by atoms with Gasteiger partial charge in [0.05, 0.1) is 16.5 Å². The van der Waals surface area contributed by atoms with Crippen molar-refractivity contribution in [2.24, 2.45) is 11.3 Å². The molecular formula is C27H34F3NO2S. The monoisotopic (exact) mass is 493 g/mol. The highest BCUT2D eigenvalue weighted by atomic mass is 32.2. The Hall–Kier alpha value is -1.86. The molecule has 2 aliphatic rings. The second kappa shape index (κ2) is 8.37. The molecule has 0 saturated heterocycles. The minimum Gasteiger partial charge on any atom is -0.207 e. The summed E-state index contributed by atoms with van der Waals surface area (Å²) in [6.07, 6.45) is -2.79. The van der Waals surface area contributed by atoms with Gasteiger partial charge in [-0.3, -0.25) is 0 Å². The molecule has 0 spiro atoms. The van der Waals surface area contributed by atoms with Crippen molar-refractivity contribution >= 4 is 10.0 Å². The Morgan fingerprint density at radius 1 is 0.882 bits per heavy atom. The molecule has 2 aliphatic carbocycles. The van der Waals surface area contributed by atoms with Gasteiger partial charge >= 0.3 is 6.18 Å². The Kier molecular flexibility index (Phi) is 6.21. The average Bonchev–Trinajstić information content (AvgIpc) is 3.61. The van der Waals surface area contributed by atoms with Gasteiger partial charge in [-0.15, -0.1) is 0 Å². The summed E-state index contributed by atoms with van der Waals surface area (Å²) in [5, 5.41) is 0. The quantitative estimate of drug-likeness (QED) is 0.414. The van der Waals surface area contributed by atoms with Crippen molar-refractivity contribution < 1.29 is 21.6 Å². The van der Waals surface area contributed by atoms with Crippen LogP contribution in [0.15, 0.2) is 41.3 Å². The van der Waals surface area contributed by atoms with Gasteiger partial charge in [0.25, 0.3) is 0 Å². The third-order valence-electron chi connectivity index (χ3n) is 7.49. The van der Waals surface area contributed by atoms with Crippen LogP contribution in [0.3, 0.4) is 0 Å². The zero-order valence-corrected chi connectivity index (χ0v) is 21.4. The molecule has 0 radical (unpaired) electrons. The number of fused-ring (bicyclic) bond motifs is 1. The van der Waals surface area contributed by atoms with Crippen molar-refractivity contribution in [2.45, 2.75) is 89.3 Å². The van der Waals surface area contributed by atoms with Crippen LogP contribution in [-0.2, 0) is 16.2 Å². The summed E-state index contributed by atoms with van der Waals surface area (Å²) in [6.45, 7) is 12.1. The minimum atomic E-state index is -4.48. The fourth-order valence-corrected chi connectivity index (χ4v) is 7.05. The molecule has 0 aliphatic heterocycles. The van der Waals surface area contributed by atoms with Gasteiger partial charge < -0.3 is 0 Å². The maximum Gasteiger partial charge on any atom is 0.416 e. The molecule has 2 fully saturated rings. The zero-order chi connectivity index (χ0) is 25.2.